The summed E-state index contributed by atoms with van der Waals surface area (Å²) in [6, 6.07) is 10.5. The number of ether oxygens (including phenoxy) is 1. The van der Waals surface area contributed by atoms with E-state index in [2.05, 4.69) is 24.3 Å². The number of rotatable bonds is 2. The number of likely N-dealkylation sites (tertiary alicyclic amines) is 1. The summed E-state index contributed by atoms with van der Waals surface area (Å²) in [6.07, 6.45) is 2.84. The van der Waals surface area contributed by atoms with E-state index in [9.17, 15) is 9.90 Å². The van der Waals surface area contributed by atoms with Crippen molar-refractivity contribution in [3.63, 3.8) is 0 Å². The summed E-state index contributed by atoms with van der Waals surface area (Å²) in [6.45, 7) is 6.25. The minimum absolute atomic E-state index is 0.352. The van der Waals surface area contributed by atoms with Gasteiger partial charge in [-0.25, -0.2) is 4.79 Å². The number of nitrogens with zero attached hydrogens (tertiary/aromatic N) is 1. The van der Waals surface area contributed by atoms with Crippen LogP contribution in [0.5, 0.6) is 0 Å². The normalized spacial score (nSPS) is 29.0. The molecule has 0 radical (unpaired) electrons. The van der Waals surface area contributed by atoms with Crippen LogP contribution in [0.3, 0.4) is 0 Å². The summed E-state index contributed by atoms with van der Waals surface area (Å²) in [7, 11) is 0. The number of hydrogen-bond acceptors (Lipinski definition) is 4. The lowest BCUT2D eigenvalue weighted by Crippen LogP contribution is -2.79. The van der Waals surface area contributed by atoms with Gasteiger partial charge < -0.3 is 20.5 Å². The Balaban J connectivity index is 1.57. The zero-order valence-electron chi connectivity index (χ0n) is 15.5. The molecule has 5 heteroatoms. The van der Waals surface area contributed by atoms with E-state index >= 15 is 0 Å². The summed E-state index contributed by atoms with van der Waals surface area (Å²) in [4.78, 5) is 13.7. The largest absolute Gasteiger partial charge is 0.444 e. The van der Waals surface area contributed by atoms with Gasteiger partial charge in [0.1, 0.15) is 5.60 Å². The van der Waals surface area contributed by atoms with Gasteiger partial charge in [0.15, 0.2) is 0 Å². The van der Waals surface area contributed by atoms with Gasteiger partial charge in [0.2, 0.25) is 0 Å². The van der Waals surface area contributed by atoms with Gasteiger partial charge in [-0.3, -0.25) is 0 Å². The van der Waals surface area contributed by atoms with E-state index in [0.29, 0.717) is 31.8 Å². The molecule has 3 N–H and O–H groups in total. The second-order valence-corrected chi connectivity index (χ2v) is 8.71. The maximum Gasteiger partial charge on any atom is 0.410 e. The summed E-state index contributed by atoms with van der Waals surface area (Å²) in [5.41, 5.74) is 5.67. The van der Waals surface area contributed by atoms with Crippen LogP contribution in [0.1, 0.15) is 57.9 Å². The van der Waals surface area contributed by atoms with E-state index in [1.165, 1.54) is 5.56 Å². The van der Waals surface area contributed by atoms with Gasteiger partial charge >= 0.3 is 6.09 Å². The van der Waals surface area contributed by atoms with Crippen molar-refractivity contribution in [1.82, 2.24) is 4.90 Å². The van der Waals surface area contributed by atoms with Crippen molar-refractivity contribution in [1.29, 1.82) is 0 Å². The molecule has 2 fully saturated rings. The molecule has 1 aliphatic carbocycles. The molecule has 138 valence electrons. The fraction of sp³-hybridized carbons (Fsp3) is 0.650. The zero-order chi connectivity index (χ0) is 18.3. The first kappa shape index (κ1) is 18.2. The topological polar surface area (TPSA) is 75.8 Å². The quantitative estimate of drug-likeness (QED) is 0.863. The minimum atomic E-state index is -0.906. The van der Waals surface area contributed by atoms with Crippen LogP contribution in [0, 0.1) is 0 Å². The molecule has 0 aromatic heterocycles. The van der Waals surface area contributed by atoms with E-state index in [1.807, 2.05) is 26.8 Å². The Bertz CT molecular complexity index is 610. The Morgan fingerprint density at radius 3 is 2.28 bits per heavy atom. The first-order valence-electron chi connectivity index (χ1n) is 9.16. The van der Waals surface area contributed by atoms with Crippen molar-refractivity contribution < 1.29 is 14.6 Å². The fourth-order valence-electron chi connectivity index (χ4n) is 4.04. The number of carbonyl (C=O) groups is 1. The SMILES string of the molecule is CC(C)(C)OC(=O)N1CC(N)(C2(O)CCC(c3ccccc3)CC2)C1. The molecule has 0 bridgehead atoms. The molecule has 0 unspecified atom stereocenters. The molecule has 1 saturated carbocycles. The Kier molecular flexibility index (Phi) is 4.58. The molecule has 0 atom stereocenters. The van der Waals surface area contributed by atoms with E-state index in [4.69, 9.17) is 10.5 Å². The molecule has 2 aliphatic rings. The molecular formula is C20H30N2O3. The number of nitrogens with two attached hydrogens (primary N) is 1. The predicted octanol–water partition coefficient (Wildman–Crippen LogP) is 3.02. The highest BCUT2D eigenvalue weighted by Gasteiger charge is 2.57. The van der Waals surface area contributed by atoms with Crippen LogP contribution in [0.25, 0.3) is 0 Å². The zero-order valence-corrected chi connectivity index (χ0v) is 15.5. The molecule has 1 aliphatic heterocycles. The third-order valence-electron chi connectivity index (χ3n) is 5.61. The second-order valence-electron chi connectivity index (χ2n) is 8.71. The van der Waals surface area contributed by atoms with Crippen LogP contribution in [-0.2, 0) is 4.74 Å². The average molecular weight is 346 g/mol. The lowest BCUT2D eigenvalue weighted by Gasteiger charge is -2.57. The van der Waals surface area contributed by atoms with Gasteiger partial charge in [-0.2, -0.15) is 0 Å². The van der Waals surface area contributed by atoms with Crippen molar-refractivity contribution in [2.45, 2.75) is 69.1 Å². The smallest absolute Gasteiger partial charge is 0.410 e. The van der Waals surface area contributed by atoms with Crippen molar-refractivity contribution in [2.75, 3.05) is 13.1 Å². The van der Waals surface area contributed by atoms with Crippen LogP contribution in [0.2, 0.25) is 0 Å². The van der Waals surface area contributed by atoms with Gasteiger partial charge in [0.25, 0.3) is 0 Å². The summed E-state index contributed by atoms with van der Waals surface area (Å²) in [5, 5.41) is 11.1. The number of aliphatic hydroxyl groups is 1. The Morgan fingerprint density at radius 2 is 1.76 bits per heavy atom. The van der Waals surface area contributed by atoms with Crippen molar-refractivity contribution in [3.8, 4) is 0 Å². The molecule has 1 amide bonds. The maximum absolute atomic E-state index is 12.1. The van der Waals surface area contributed by atoms with Gasteiger partial charge in [0, 0.05) is 13.1 Å². The molecule has 0 spiro atoms. The standard InChI is InChI=1S/C20H30N2O3/c1-18(2,3)25-17(23)22-13-19(21,14-22)20(24)11-9-16(10-12-20)15-7-5-4-6-8-15/h4-8,16,24H,9-14,21H2,1-3H3. The Hall–Kier alpha value is -1.59. The van der Waals surface area contributed by atoms with E-state index in [-0.39, 0.29) is 6.09 Å². The maximum atomic E-state index is 12.1. The third kappa shape index (κ3) is 3.67. The molecule has 1 aromatic carbocycles. The van der Waals surface area contributed by atoms with E-state index in [1.54, 1.807) is 4.90 Å². The van der Waals surface area contributed by atoms with E-state index < -0.39 is 16.7 Å². The molecule has 1 aromatic rings. The second kappa shape index (κ2) is 6.29. The average Bonchev–Trinajstić information content (AvgIpc) is 2.51. The lowest BCUT2D eigenvalue weighted by atomic mass is 9.64. The van der Waals surface area contributed by atoms with Crippen LogP contribution < -0.4 is 5.73 Å². The molecule has 25 heavy (non-hydrogen) atoms. The number of hydrogen-bond donors (Lipinski definition) is 2. The Labute approximate surface area is 150 Å². The van der Waals surface area contributed by atoms with Gasteiger partial charge in [-0.15, -0.1) is 0 Å². The molecule has 3 rings (SSSR count). The summed E-state index contributed by atoms with van der Waals surface area (Å²) < 4.78 is 5.38. The first-order valence-corrected chi connectivity index (χ1v) is 9.16. The van der Waals surface area contributed by atoms with Gasteiger partial charge in [0.05, 0.1) is 11.1 Å². The van der Waals surface area contributed by atoms with Gasteiger partial charge in [-0.1, -0.05) is 30.3 Å². The molecule has 1 saturated heterocycles. The highest BCUT2D eigenvalue weighted by Crippen LogP contribution is 2.45. The monoisotopic (exact) mass is 346 g/mol. The fourth-order valence-corrected chi connectivity index (χ4v) is 4.04. The first-order chi connectivity index (χ1) is 11.6. The lowest BCUT2D eigenvalue weighted by molar-refractivity contribution is -0.124. The third-order valence-corrected chi connectivity index (χ3v) is 5.61. The highest BCUT2D eigenvalue weighted by atomic mass is 16.6. The van der Waals surface area contributed by atoms with Gasteiger partial charge in [-0.05, 0) is 57.9 Å². The van der Waals surface area contributed by atoms with Crippen LogP contribution >= 0.6 is 0 Å². The van der Waals surface area contributed by atoms with Crippen LogP contribution in [-0.4, -0.2) is 45.9 Å². The van der Waals surface area contributed by atoms with Crippen molar-refractivity contribution in [2.24, 2.45) is 5.73 Å². The van der Waals surface area contributed by atoms with Crippen molar-refractivity contribution >= 4 is 6.09 Å². The Morgan fingerprint density at radius 1 is 1.20 bits per heavy atom. The molecule has 1 heterocycles. The molecule has 5 nitrogen and oxygen atoms in total. The molecular weight excluding hydrogens is 316 g/mol. The number of benzene rings is 1. The summed E-state index contributed by atoms with van der Waals surface area (Å²) in [5.74, 6) is 0.479. The van der Waals surface area contributed by atoms with Crippen LogP contribution in [0.4, 0.5) is 4.79 Å². The minimum Gasteiger partial charge on any atom is -0.444 e. The van der Waals surface area contributed by atoms with Crippen molar-refractivity contribution in [3.05, 3.63) is 35.9 Å². The van der Waals surface area contributed by atoms with E-state index in [0.717, 1.165) is 12.8 Å². The summed E-state index contributed by atoms with van der Waals surface area (Å²) >= 11 is 0. The predicted molar refractivity (Wildman–Crippen MR) is 97.3 cm³/mol. The highest BCUT2D eigenvalue weighted by molar-refractivity contribution is 5.70. The van der Waals surface area contributed by atoms with Crippen LogP contribution in [0.15, 0.2) is 30.3 Å². The number of carbonyl (C=O) groups excluding carboxylic acids is 1. The number of amides is 1.